The van der Waals surface area contributed by atoms with Gasteiger partial charge >= 0.3 is 5.97 Å². The van der Waals surface area contributed by atoms with Gasteiger partial charge in [-0.2, -0.15) is 0 Å². The highest BCUT2D eigenvalue weighted by Crippen LogP contribution is 2.22. The number of benzene rings is 1. The van der Waals surface area contributed by atoms with Crippen LogP contribution >= 0.6 is 11.3 Å². The smallest absolute Gasteiger partial charge is 0.358 e. The molecule has 0 atom stereocenters. The summed E-state index contributed by atoms with van der Waals surface area (Å²) >= 11 is 1.39. The number of nitrogens with one attached hydrogen (secondary N) is 1. The summed E-state index contributed by atoms with van der Waals surface area (Å²) in [6, 6.07) is 6.68. The highest BCUT2D eigenvalue weighted by atomic mass is 32.1. The molecule has 0 aliphatic heterocycles. The van der Waals surface area contributed by atoms with Gasteiger partial charge in [0.25, 0.3) is 0 Å². The fourth-order valence-electron chi connectivity index (χ4n) is 1.87. The molecule has 21 heavy (non-hydrogen) atoms. The lowest BCUT2D eigenvalue weighted by Gasteiger charge is -2.04. The highest BCUT2D eigenvalue weighted by Gasteiger charge is 2.16. The second-order valence-corrected chi connectivity index (χ2v) is 5.62. The largest absolute Gasteiger partial charge is 0.461 e. The number of carbonyl (C=O) groups excluding carboxylic acids is 1. The summed E-state index contributed by atoms with van der Waals surface area (Å²) in [5.41, 5.74) is 0.999. The second-order valence-electron chi connectivity index (χ2n) is 4.41. The van der Waals surface area contributed by atoms with E-state index in [9.17, 15) is 9.18 Å². The normalized spacial score (nSPS) is 10.4. The molecule has 2 rings (SSSR count). The number of hydrogen-bond donors (Lipinski definition) is 1. The van der Waals surface area contributed by atoms with Crippen molar-refractivity contribution in [2.24, 2.45) is 0 Å². The molecule has 0 saturated carbocycles. The van der Waals surface area contributed by atoms with Gasteiger partial charge in [0, 0.05) is 11.4 Å². The third-order valence-corrected chi connectivity index (χ3v) is 3.82. The quantitative estimate of drug-likeness (QED) is 0.831. The molecule has 0 aliphatic rings. The Morgan fingerprint density at radius 2 is 2.19 bits per heavy atom. The first-order valence-corrected chi connectivity index (χ1v) is 7.55. The van der Waals surface area contributed by atoms with Crippen LogP contribution < -0.4 is 5.32 Å². The van der Waals surface area contributed by atoms with Crippen molar-refractivity contribution >= 4 is 22.4 Å². The topological polar surface area (TPSA) is 51.2 Å². The van der Waals surface area contributed by atoms with Crippen molar-refractivity contribution in [3.05, 3.63) is 46.2 Å². The standard InChI is InChI=1S/C15H17FN2O2S/c1-3-20-14(19)13-10(2)21-15(18-13)17-9-8-11-6-4-5-7-12(11)16/h4-7H,3,8-9H2,1-2H3,(H,17,18). The van der Waals surface area contributed by atoms with Gasteiger partial charge in [0.15, 0.2) is 10.8 Å². The Balaban J connectivity index is 1.94. The minimum absolute atomic E-state index is 0.207. The monoisotopic (exact) mass is 308 g/mol. The number of nitrogens with zero attached hydrogens (tertiary/aromatic N) is 1. The van der Waals surface area contributed by atoms with Gasteiger partial charge in [0.2, 0.25) is 0 Å². The van der Waals surface area contributed by atoms with E-state index in [-0.39, 0.29) is 5.82 Å². The van der Waals surface area contributed by atoms with E-state index in [0.717, 1.165) is 4.88 Å². The van der Waals surface area contributed by atoms with Crippen LogP contribution in [0.15, 0.2) is 24.3 Å². The van der Waals surface area contributed by atoms with Gasteiger partial charge in [-0.3, -0.25) is 0 Å². The number of rotatable bonds is 6. The first-order valence-electron chi connectivity index (χ1n) is 6.73. The van der Waals surface area contributed by atoms with E-state index in [1.807, 2.05) is 13.0 Å². The van der Waals surface area contributed by atoms with Crippen LogP contribution in [0.5, 0.6) is 0 Å². The molecule has 1 aromatic carbocycles. The predicted octanol–water partition coefficient (Wildman–Crippen LogP) is 3.42. The maximum Gasteiger partial charge on any atom is 0.358 e. The van der Waals surface area contributed by atoms with Crippen LogP contribution in [0.1, 0.15) is 27.9 Å². The number of aryl methyl sites for hydroxylation is 1. The molecule has 4 nitrogen and oxygen atoms in total. The van der Waals surface area contributed by atoms with Gasteiger partial charge in [0.1, 0.15) is 5.82 Å². The Morgan fingerprint density at radius 1 is 1.43 bits per heavy atom. The van der Waals surface area contributed by atoms with E-state index in [2.05, 4.69) is 10.3 Å². The summed E-state index contributed by atoms with van der Waals surface area (Å²) in [6.45, 7) is 4.46. The lowest BCUT2D eigenvalue weighted by atomic mass is 10.1. The van der Waals surface area contributed by atoms with E-state index in [1.54, 1.807) is 19.1 Å². The van der Waals surface area contributed by atoms with E-state index >= 15 is 0 Å². The third-order valence-electron chi connectivity index (χ3n) is 2.89. The first kappa shape index (κ1) is 15.4. The number of halogens is 1. The fraction of sp³-hybridized carbons (Fsp3) is 0.333. The number of thiazole rings is 1. The predicted molar refractivity (Wildman–Crippen MR) is 81.4 cm³/mol. The molecule has 1 N–H and O–H groups in total. The van der Waals surface area contributed by atoms with Crippen molar-refractivity contribution in [1.29, 1.82) is 0 Å². The lowest BCUT2D eigenvalue weighted by Crippen LogP contribution is -2.08. The van der Waals surface area contributed by atoms with Gasteiger partial charge in [-0.1, -0.05) is 18.2 Å². The molecule has 0 spiro atoms. The Hall–Kier alpha value is -1.95. The number of carbonyl (C=O) groups is 1. The molecule has 0 bridgehead atoms. The van der Waals surface area contributed by atoms with Crippen molar-refractivity contribution in [3.8, 4) is 0 Å². The van der Waals surface area contributed by atoms with Crippen LogP contribution in [0.25, 0.3) is 0 Å². The minimum atomic E-state index is -0.409. The van der Waals surface area contributed by atoms with Gasteiger partial charge in [-0.25, -0.2) is 14.2 Å². The van der Waals surface area contributed by atoms with Crippen molar-refractivity contribution in [2.45, 2.75) is 20.3 Å². The van der Waals surface area contributed by atoms with E-state index in [4.69, 9.17) is 4.74 Å². The van der Waals surface area contributed by atoms with Crippen molar-refractivity contribution in [2.75, 3.05) is 18.5 Å². The van der Waals surface area contributed by atoms with E-state index < -0.39 is 5.97 Å². The van der Waals surface area contributed by atoms with Crippen molar-refractivity contribution in [3.63, 3.8) is 0 Å². The number of ether oxygens (including phenoxy) is 1. The van der Waals surface area contributed by atoms with Crippen LogP contribution in [-0.4, -0.2) is 24.1 Å². The highest BCUT2D eigenvalue weighted by molar-refractivity contribution is 7.15. The zero-order valence-corrected chi connectivity index (χ0v) is 12.8. The Bertz CT molecular complexity index is 628. The molecule has 6 heteroatoms. The summed E-state index contributed by atoms with van der Waals surface area (Å²) in [6.07, 6.45) is 0.556. The first-order chi connectivity index (χ1) is 10.1. The number of anilines is 1. The molecule has 2 aromatic rings. The van der Waals surface area contributed by atoms with E-state index in [0.29, 0.717) is 36.0 Å². The van der Waals surface area contributed by atoms with Crippen molar-refractivity contribution in [1.82, 2.24) is 4.98 Å². The third kappa shape index (κ3) is 4.01. The van der Waals surface area contributed by atoms with Gasteiger partial charge in [-0.15, -0.1) is 11.3 Å². The maximum absolute atomic E-state index is 13.5. The van der Waals surface area contributed by atoms with Crippen LogP contribution in [0.2, 0.25) is 0 Å². The zero-order valence-electron chi connectivity index (χ0n) is 12.0. The molecule has 1 heterocycles. The minimum Gasteiger partial charge on any atom is -0.461 e. The van der Waals surface area contributed by atoms with Gasteiger partial charge in [-0.05, 0) is 31.9 Å². The molecular formula is C15H17FN2O2S. The summed E-state index contributed by atoms with van der Waals surface area (Å²) in [5.74, 6) is -0.616. The summed E-state index contributed by atoms with van der Waals surface area (Å²) < 4.78 is 18.4. The molecule has 0 amide bonds. The Morgan fingerprint density at radius 3 is 2.90 bits per heavy atom. The second kappa shape index (κ2) is 7.17. The molecule has 1 aromatic heterocycles. The molecule has 0 radical (unpaired) electrons. The van der Waals surface area contributed by atoms with Gasteiger partial charge < -0.3 is 10.1 Å². The number of esters is 1. The molecule has 0 fully saturated rings. The zero-order chi connectivity index (χ0) is 15.2. The Kier molecular flexibility index (Phi) is 5.27. The van der Waals surface area contributed by atoms with Crippen molar-refractivity contribution < 1.29 is 13.9 Å². The summed E-state index contributed by atoms with van der Waals surface area (Å²) in [7, 11) is 0. The molecule has 0 saturated heterocycles. The molecule has 0 aliphatic carbocycles. The molecule has 0 unspecified atom stereocenters. The molecular weight excluding hydrogens is 291 g/mol. The SMILES string of the molecule is CCOC(=O)c1nc(NCCc2ccccc2F)sc1C. The van der Waals surface area contributed by atoms with Crippen LogP contribution in [0.3, 0.4) is 0 Å². The summed E-state index contributed by atoms with van der Waals surface area (Å²) in [5, 5.41) is 3.76. The average molecular weight is 308 g/mol. The maximum atomic E-state index is 13.5. The van der Waals surface area contributed by atoms with Crippen LogP contribution in [-0.2, 0) is 11.2 Å². The van der Waals surface area contributed by atoms with E-state index in [1.165, 1.54) is 17.4 Å². The number of hydrogen-bond acceptors (Lipinski definition) is 5. The molecule has 112 valence electrons. The fourth-order valence-corrected chi connectivity index (χ4v) is 2.69. The van der Waals surface area contributed by atoms with Crippen LogP contribution in [0, 0.1) is 12.7 Å². The lowest BCUT2D eigenvalue weighted by molar-refractivity contribution is 0.0519. The number of aromatic nitrogens is 1. The summed E-state index contributed by atoms with van der Waals surface area (Å²) in [4.78, 5) is 16.7. The van der Waals surface area contributed by atoms with Crippen LogP contribution in [0.4, 0.5) is 9.52 Å². The Labute approximate surface area is 127 Å². The van der Waals surface area contributed by atoms with Gasteiger partial charge in [0.05, 0.1) is 6.61 Å². The average Bonchev–Trinajstić information content (AvgIpc) is 2.82.